The fraction of sp³-hybridized carbons (Fsp3) is 0.217. The summed E-state index contributed by atoms with van der Waals surface area (Å²) in [5, 5.41) is 9.73. The van der Waals surface area contributed by atoms with Crippen molar-refractivity contribution in [1.29, 1.82) is 5.26 Å². The van der Waals surface area contributed by atoms with Gasteiger partial charge < -0.3 is 20.1 Å². The molecule has 164 valence electrons. The van der Waals surface area contributed by atoms with Gasteiger partial charge >= 0.3 is 0 Å². The van der Waals surface area contributed by atoms with Crippen LogP contribution in [0.4, 0.5) is 11.9 Å². The van der Waals surface area contributed by atoms with Crippen LogP contribution in [0, 0.1) is 11.3 Å². The number of allylic oxidation sites excluding steroid dienone is 1. The monoisotopic (exact) mass is 494 g/mol. The van der Waals surface area contributed by atoms with Gasteiger partial charge in [0.15, 0.2) is 17.3 Å². The fourth-order valence-electron chi connectivity index (χ4n) is 2.82. The third kappa shape index (κ3) is 5.74. The summed E-state index contributed by atoms with van der Waals surface area (Å²) in [6, 6.07) is 15.7. The van der Waals surface area contributed by atoms with Crippen molar-refractivity contribution in [2.45, 2.75) is 13.5 Å². The summed E-state index contributed by atoms with van der Waals surface area (Å²) in [5.74, 6) is 1.76. The number of halogens is 1. The Balaban J connectivity index is 1.97. The number of ether oxygens (including phenoxy) is 2. The zero-order chi connectivity index (χ0) is 23.1. The molecule has 0 aliphatic carbocycles. The second-order valence-corrected chi connectivity index (χ2v) is 7.77. The Labute approximate surface area is 195 Å². The Morgan fingerprint density at radius 1 is 1.16 bits per heavy atom. The second-order valence-electron chi connectivity index (χ2n) is 6.92. The molecule has 9 heteroatoms. The highest BCUT2D eigenvalue weighted by atomic mass is 79.9. The van der Waals surface area contributed by atoms with Gasteiger partial charge in [0.2, 0.25) is 11.9 Å². The third-order valence-electron chi connectivity index (χ3n) is 4.27. The zero-order valence-electron chi connectivity index (χ0n) is 18.0. The number of aromatic nitrogens is 3. The molecule has 0 atom stereocenters. The largest absolute Gasteiger partial charge is 0.490 e. The minimum Gasteiger partial charge on any atom is -0.490 e. The lowest BCUT2D eigenvalue weighted by molar-refractivity contribution is 0.267. The van der Waals surface area contributed by atoms with Crippen LogP contribution in [0.5, 0.6) is 11.5 Å². The Bertz CT molecular complexity index is 1160. The molecule has 0 aliphatic rings. The van der Waals surface area contributed by atoms with Gasteiger partial charge in [-0.15, -0.1) is 0 Å². The van der Waals surface area contributed by atoms with Crippen LogP contribution in [-0.2, 0) is 6.61 Å². The van der Waals surface area contributed by atoms with Gasteiger partial charge in [0.25, 0.3) is 0 Å². The van der Waals surface area contributed by atoms with Crippen molar-refractivity contribution in [2.75, 3.05) is 31.3 Å². The van der Waals surface area contributed by atoms with Crippen LogP contribution in [0.2, 0.25) is 0 Å². The fourth-order valence-corrected chi connectivity index (χ4v) is 3.39. The molecule has 0 unspecified atom stereocenters. The van der Waals surface area contributed by atoms with E-state index in [9.17, 15) is 5.26 Å². The van der Waals surface area contributed by atoms with Crippen molar-refractivity contribution in [3.63, 3.8) is 0 Å². The molecule has 2 aromatic carbocycles. The summed E-state index contributed by atoms with van der Waals surface area (Å²) in [6.45, 7) is 2.76. The Morgan fingerprint density at radius 2 is 1.91 bits per heavy atom. The van der Waals surface area contributed by atoms with Crippen molar-refractivity contribution < 1.29 is 9.47 Å². The Kier molecular flexibility index (Phi) is 7.63. The molecule has 8 nitrogen and oxygen atoms in total. The molecule has 0 amide bonds. The minimum atomic E-state index is 0.0423. The van der Waals surface area contributed by atoms with E-state index in [1.54, 1.807) is 25.1 Å². The molecular weight excluding hydrogens is 472 g/mol. The van der Waals surface area contributed by atoms with Gasteiger partial charge in [0, 0.05) is 14.1 Å². The third-order valence-corrected chi connectivity index (χ3v) is 4.86. The van der Waals surface area contributed by atoms with E-state index in [0.717, 1.165) is 5.56 Å². The van der Waals surface area contributed by atoms with Gasteiger partial charge in [-0.3, -0.25) is 0 Å². The molecule has 0 saturated carbocycles. The van der Waals surface area contributed by atoms with Gasteiger partial charge in [-0.1, -0.05) is 30.3 Å². The smallest absolute Gasteiger partial charge is 0.230 e. The molecule has 0 fully saturated rings. The lowest BCUT2D eigenvalue weighted by Gasteiger charge is -2.15. The molecule has 3 aromatic rings. The van der Waals surface area contributed by atoms with Crippen molar-refractivity contribution in [3.8, 4) is 17.6 Å². The Hall–Kier alpha value is -3.64. The highest BCUT2D eigenvalue weighted by Crippen LogP contribution is 2.38. The standard InChI is InChI=1S/C23H23BrN6O2/c1-4-31-19-12-16(11-18(24)20(19)32-14-15-8-6-5-7-9-15)10-17(13-25)21-27-22(26)29-23(28-21)30(2)3/h5-12H,4,14H2,1-3H3,(H2,26,27,28,29)/b17-10+. The van der Waals surface area contributed by atoms with Gasteiger partial charge in [-0.2, -0.15) is 20.2 Å². The van der Waals surface area contributed by atoms with E-state index in [-0.39, 0.29) is 17.3 Å². The normalized spacial score (nSPS) is 11.0. The second kappa shape index (κ2) is 10.6. The summed E-state index contributed by atoms with van der Waals surface area (Å²) in [6.07, 6.45) is 1.67. The number of benzene rings is 2. The first-order valence-corrected chi connectivity index (χ1v) is 10.6. The van der Waals surface area contributed by atoms with Gasteiger partial charge in [-0.25, -0.2) is 0 Å². The predicted molar refractivity (Wildman–Crippen MR) is 128 cm³/mol. The van der Waals surface area contributed by atoms with E-state index in [4.69, 9.17) is 15.2 Å². The van der Waals surface area contributed by atoms with E-state index < -0.39 is 0 Å². The number of nitrogens with two attached hydrogens (primary N) is 1. The van der Waals surface area contributed by atoms with Crippen LogP contribution in [-0.4, -0.2) is 35.7 Å². The SMILES string of the molecule is CCOc1cc(/C=C(\C#N)c2nc(N)nc(N(C)C)n2)cc(Br)c1OCc1ccccc1. The maximum atomic E-state index is 9.73. The molecule has 1 heterocycles. The van der Waals surface area contributed by atoms with Crippen LogP contribution in [0.1, 0.15) is 23.9 Å². The van der Waals surface area contributed by atoms with E-state index in [1.807, 2.05) is 49.4 Å². The number of anilines is 2. The number of nitriles is 1. The van der Waals surface area contributed by atoms with E-state index in [0.29, 0.717) is 40.7 Å². The number of nitrogen functional groups attached to an aromatic ring is 1. The average Bonchev–Trinajstić information content (AvgIpc) is 2.77. The summed E-state index contributed by atoms with van der Waals surface area (Å²) >= 11 is 3.57. The maximum absolute atomic E-state index is 9.73. The number of hydrogen-bond donors (Lipinski definition) is 1. The number of nitrogens with zero attached hydrogens (tertiary/aromatic N) is 5. The molecule has 32 heavy (non-hydrogen) atoms. The maximum Gasteiger partial charge on any atom is 0.230 e. The topological polar surface area (TPSA) is 110 Å². The van der Waals surface area contributed by atoms with Gasteiger partial charge in [0.05, 0.1) is 16.7 Å². The first-order valence-electron chi connectivity index (χ1n) is 9.85. The van der Waals surface area contributed by atoms with E-state index in [1.165, 1.54) is 0 Å². The quantitative estimate of drug-likeness (QED) is 0.460. The first kappa shape index (κ1) is 23.0. The van der Waals surface area contributed by atoms with Crippen LogP contribution >= 0.6 is 15.9 Å². The van der Waals surface area contributed by atoms with E-state index in [2.05, 4.69) is 37.0 Å². The molecule has 1 aromatic heterocycles. The first-order chi connectivity index (χ1) is 15.4. The summed E-state index contributed by atoms with van der Waals surface area (Å²) in [7, 11) is 3.57. The van der Waals surface area contributed by atoms with Crippen molar-refractivity contribution in [3.05, 3.63) is 63.9 Å². The molecule has 0 aliphatic heterocycles. The summed E-state index contributed by atoms with van der Waals surface area (Å²) in [5.41, 5.74) is 7.81. The number of hydrogen-bond acceptors (Lipinski definition) is 8. The zero-order valence-corrected chi connectivity index (χ0v) is 19.6. The van der Waals surface area contributed by atoms with E-state index >= 15 is 0 Å². The molecule has 3 rings (SSSR count). The highest BCUT2D eigenvalue weighted by molar-refractivity contribution is 9.10. The summed E-state index contributed by atoms with van der Waals surface area (Å²) in [4.78, 5) is 14.2. The van der Waals surface area contributed by atoms with Crippen LogP contribution in [0.15, 0.2) is 46.9 Å². The van der Waals surface area contributed by atoms with Crippen LogP contribution < -0.4 is 20.1 Å². The summed E-state index contributed by atoms with van der Waals surface area (Å²) < 4.78 is 12.5. The van der Waals surface area contributed by atoms with Crippen molar-refractivity contribution >= 4 is 39.5 Å². The highest BCUT2D eigenvalue weighted by Gasteiger charge is 2.15. The molecule has 0 radical (unpaired) electrons. The molecule has 0 spiro atoms. The number of rotatable bonds is 8. The lowest BCUT2D eigenvalue weighted by Crippen LogP contribution is -2.15. The molecule has 0 bridgehead atoms. The molecular formula is C23H23BrN6O2. The van der Waals surface area contributed by atoms with Crippen LogP contribution in [0.25, 0.3) is 11.6 Å². The molecule has 0 saturated heterocycles. The van der Waals surface area contributed by atoms with Crippen molar-refractivity contribution in [1.82, 2.24) is 15.0 Å². The Morgan fingerprint density at radius 3 is 2.56 bits per heavy atom. The van der Waals surface area contributed by atoms with Crippen LogP contribution in [0.3, 0.4) is 0 Å². The minimum absolute atomic E-state index is 0.0423. The van der Waals surface area contributed by atoms with Gasteiger partial charge in [0.1, 0.15) is 12.7 Å². The average molecular weight is 495 g/mol. The molecule has 2 N–H and O–H groups in total. The van der Waals surface area contributed by atoms with Gasteiger partial charge in [-0.05, 0) is 52.2 Å². The van der Waals surface area contributed by atoms with Crippen molar-refractivity contribution in [2.24, 2.45) is 0 Å². The lowest BCUT2D eigenvalue weighted by atomic mass is 10.1. The predicted octanol–water partition coefficient (Wildman–Crippen LogP) is 4.32.